The van der Waals surface area contributed by atoms with E-state index in [4.69, 9.17) is 4.42 Å². The molecule has 0 amide bonds. The van der Waals surface area contributed by atoms with Crippen LogP contribution in [0.2, 0.25) is 0 Å². The molecule has 0 spiro atoms. The van der Waals surface area contributed by atoms with Gasteiger partial charge in [-0.15, -0.1) is 0 Å². The fourth-order valence-corrected chi connectivity index (χ4v) is 4.10. The third-order valence-electron chi connectivity index (χ3n) is 5.62. The number of benzene rings is 2. The zero-order valence-electron chi connectivity index (χ0n) is 17.8. The first kappa shape index (κ1) is 20.3. The summed E-state index contributed by atoms with van der Waals surface area (Å²) < 4.78 is 5.43. The van der Waals surface area contributed by atoms with Gasteiger partial charge < -0.3 is 14.6 Å². The predicted molar refractivity (Wildman–Crippen MR) is 125 cm³/mol. The third-order valence-corrected chi connectivity index (χ3v) is 5.62. The molecule has 0 bridgehead atoms. The molecule has 1 saturated heterocycles. The van der Waals surface area contributed by atoms with E-state index in [0.29, 0.717) is 17.5 Å². The number of likely N-dealkylation sites (tertiary alicyclic amines) is 1. The number of rotatable bonds is 6. The van der Waals surface area contributed by atoms with Crippen LogP contribution >= 0.6 is 0 Å². The van der Waals surface area contributed by atoms with E-state index in [9.17, 15) is 4.79 Å². The Labute approximate surface area is 178 Å². The monoisotopic (exact) mass is 402 g/mol. The zero-order chi connectivity index (χ0) is 20.9. The van der Waals surface area contributed by atoms with Crippen LogP contribution in [-0.2, 0) is 6.42 Å². The van der Waals surface area contributed by atoms with Gasteiger partial charge in [0.25, 0.3) is 0 Å². The van der Waals surface area contributed by atoms with Gasteiger partial charge in [0.2, 0.25) is 0 Å². The lowest BCUT2D eigenvalue weighted by molar-refractivity contribution is 0.295. The van der Waals surface area contributed by atoms with E-state index in [-0.39, 0.29) is 5.63 Å². The first-order valence-corrected chi connectivity index (χ1v) is 10.9. The number of nitrogens with one attached hydrogen (secondary N) is 1. The summed E-state index contributed by atoms with van der Waals surface area (Å²) in [4.78, 5) is 14.4. The van der Waals surface area contributed by atoms with Crippen LogP contribution in [0.1, 0.15) is 37.8 Å². The Hall–Kier alpha value is -3.01. The van der Waals surface area contributed by atoms with Crippen LogP contribution in [0.15, 0.2) is 70.0 Å². The number of nitrogens with zero attached hydrogens (tertiary/aromatic N) is 1. The van der Waals surface area contributed by atoms with E-state index < -0.39 is 0 Å². The van der Waals surface area contributed by atoms with Gasteiger partial charge in [-0.25, -0.2) is 4.79 Å². The maximum Gasteiger partial charge on any atom is 0.338 e. The third kappa shape index (κ3) is 5.12. The Balaban J connectivity index is 1.44. The molecule has 0 aliphatic carbocycles. The molecule has 1 N–H and O–H groups in total. The average Bonchev–Trinajstić information content (AvgIpc) is 2.74. The lowest BCUT2D eigenvalue weighted by Gasteiger charge is -2.32. The molecule has 0 atom stereocenters. The van der Waals surface area contributed by atoms with Crippen molar-refractivity contribution < 1.29 is 4.42 Å². The fraction of sp³-hybridized carbons (Fsp3) is 0.346. The average molecular weight is 403 g/mol. The Bertz CT molecular complexity index is 1060. The smallest absolute Gasteiger partial charge is 0.338 e. The van der Waals surface area contributed by atoms with Crippen LogP contribution in [0.5, 0.6) is 0 Å². The van der Waals surface area contributed by atoms with Crippen molar-refractivity contribution >= 4 is 22.7 Å². The van der Waals surface area contributed by atoms with Crippen molar-refractivity contribution in [3.8, 4) is 0 Å². The highest BCUT2D eigenvalue weighted by Gasteiger charge is 2.18. The highest BCUT2D eigenvalue weighted by Crippen LogP contribution is 2.26. The van der Waals surface area contributed by atoms with Gasteiger partial charge >= 0.3 is 5.63 Å². The van der Waals surface area contributed by atoms with E-state index in [1.807, 2.05) is 12.1 Å². The standard InChI is InChI=1S/C26H30N2O2/c1-19(2)16-21-8-9-25-23(17-21)24(18-26(29)30-25)27-22-11-14-28(15-12-22)13-10-20-6-4-3-5-7-20/h3-10,13,17-19,22,27H,11-12,14-16H2,1-2H3/b13-10+. The van der Waals surface area contributed by atoms with Gasteiger partial charge in [-0.05, 0) is 60.7 Å². The Morgan fingerprint density at radius 1 is 1.10 bits per heavy atom. The summed E-state index contributed by atoms with van der Waals surface area (Å²) >= 11 is 0. The van der Waals surface area contributed by atoms with Gasteiger partial charge in [0, 0.05) is 30.6 Å². The van der Waals surface area contributed by atoms with Gasteiger partial charge in [0.1, 0.15) is 5.58 Å². The quantitative estimate of drug-likeness (QED) is 0.550. The van der Waals surface area contributed by atoms with E-state index in [1.54, 1.807) is 6.07 Å². The van der Waals surface area contributed by atoms with Crippen LogP contribution in [0.4, 0.5) is 5.69 Å². The maximum absolute atomic E-state index is 12.1. The van der Waals surface area contributed by atoms with Gasteiger partial charge in [-0.3, -0.25) is 0 Å². The highest BCUT2D eigenvalue weighted by molar-refractivity contribution is 5.90. The summed E-state index contributed by atoms with van der Waals surface area (Å²) in [5.74, 6) is 0.586. The highest BCUT2D eigenvalue weighted by atomic mass is 16.4. The molecule has 4 rings (SSSR count). The number of anilines is 1. The SMILES string of the molecule is CC(C)Cc1ccc2oc(=O)cc(NC3CCN(/C=C/c4ccccc4)CC3)c2c1. The minimum atomic E-state index is -0.301. The van der Waals surface area contributed by atoms with Gasteiger partial charge in [-0.1, -0.05) is 50.2 Å². The second kappa shape index (κ2) is 9.21. The Morgan fingerprint density at radius 3 is 2.60 bits per heavy atom. The normalized spacial score (nSPS) is 15.4. The molecule has 1 aliphatic rings. The van der Waals surface area contributed by atoms with Crippen LogP contribution in [0, 0.1) is 5.92 Å². The summed E-state index contributed by atoms with van der Waals surface area (Å²) in [6.45, 7) is 6.43. The molecule has 1 aliphatic heterocycles. The zero-order valence-corrected chi connectivity index (χ0v) is 17.8. The van der Waals surface area contributed by atoms with Crippen LogP contribution in [-0.4, -0.2) is 24.0 Å². The van der Waals surface area contributed by atoms with Crippen molar-refractivity contribution in [2.24, 2.45) is 5.92 Å². The fourth-order valence-electron chi connectivity index (χ4n) is 4.10. The second-order valence-electron chi connectivity index (χ2n) is 8.59. The molecular formula is C26H30N2O2. The molecule has 156 valence electrons. The minimum Gasteiger partial charge on any atom is -0.423 e. The molecular weight excluding hydrogens is 372 g/mol. The maximum atomic E-state index is 12.1. The summed E-state index contributed by atoms with van der Waals surface area (Å²) in [5, 5.41) is 4.63. The summed E-state index contributed by atoms with van der Waals surface area (Å²) in [5.41, 5.74) is 3.74. The predicted octanol–water partition coefficient (Wildman–Crippen LogP) is 5.54. The molecule has 0 radical (unpaired) electrons. The number of hydrogen-bond acceptors (Lipinski definition) is 4. The minimum absolute atomic E-state index is 0.301. The van der Waals surface area contributed by atoms with Gasteiger partial charge in [0.05, 0.1) is 5.69 Å². The molecule has 2 aromatic carbocycles. The van der Waals surface area contributed by atoms with Gasteiger partial charge in [-0.2, -0.15) is 0 Å². The van der Waals surface area contributed by atoms with E-state index >= 15 is 0 Å². The first-order valence-electron chi connectivity index (χ1n) is 10.9. The Morgan fingerprint density at radius 2 is 1.87 bits per heavy atom. The molecule has 1 fully saturated rings. The van der Waals surface area contributed by atoms with Crippen molar-refractivity contribution in [2.45, 2.75) is 39.2 Å². The Kier molecular flexibility index (Phi) is 6.22. The number of hydrogen-bond donors (Lipinski definition) is 1. The lowest BCUT2D eigenvalue weighted by Crippen LogP contribution is -2.36. The topological polar surface area (TPSA) is 45.5 Å². The van der Waals surface area contributed by atoms with Crippen LogP contribution in [0.25, 0.3) is 17.0 Å². The van der Waals surface area contributed by atoms with Crippen LogP contribution < -0.4 is 10.9 Å². The van der Waals surface area contributed by atoms with E-state index in [0.717, 1.165) is 43.4 Å². The summed E-state index contributed by atoms with van der Waals surface area (Å²) in [7, 11) is 0. The molecule has 4 heteroatoms. The number of fused-ring (bicyclic) bond motifs is 1. The van der Waals surface area contributed by atoms with Crippen LogP contribution in [0.3, 0.4) is 0 Å². The molecule has 1 aromatic heterocycles. The molecule has 2 heterocycles. The number of piperidine rings is 1. The largest absolute Gasteiger partial charge is 0.423 e. The molecule has 30 heavy (non-hydrogen) atoms. The van der Waals surface area contributed by atoms with E-state index in [1.165, 1.54) is 11.1 Å². The van der Waals surface area contributed by atoms with Gasteiger partial charge in [0.15, 0.2) is 0 Å². The van der Waals surface area contributed by atoms with E-state index in [2.05, 4.69) is 72.7 Å². The first-order chi connectivity index (χ1) is 14.6. The van der Waals surface area contributed by atoms with Crippen molar-refractivity contribution in [1.29, 1.82) is 0 Å². The molecule has 3 aromatic rings. The van der Waals surface area contributed by atoms with Crippen molar-refractivity contribution in [1.82, 2.24) is 4.90 Å². The van der Waals surface area contributed by atoms with Crippen molar-refractivity contribution in [3.05, 3.63) is 82.3 Å². The lowest BCUT2D eigenvalue weighted by atomic mass is 10.0. The second-order valence-corrected chi connectivity index (χ2v) is 8.59. The molecule has 0 saturated carbocycles. The summed E-state index contributed by atoms with van der Waals surface area (Å²) in [6, 6.07) is 18.5. The van der Waals surface area contributed by atoms with Crippen molar-refractivity contribution in [2.75, 3.05) is 18.4 Å². The molecule has 4 nitrogen and oxygen atoms in total. The van der Waals surface area contributed by atoms with Crippen molar-refractivity contribution in [3.63, 3.8) is 0 Å². The molecule has 0 unspecified atom stereocenters. The summed E-state index contributed by atoms with van der Waals surface area (Å²) in [6.07, 6.45) is 7.44.